The predicted molar refractivity (Wildman–Crippen MR) is 102 cm³/mol. The van der Waals surface area contributed by atoms with Crippen molar-refractivity contribution >= 4 is 27.4 Å². The SMILES string of the molecule is COc1ccc(-c2cc(=Nc3nc(C)cs3)c3cc(O)ccc3o2)cc1. The van der Waals surface area contributed by atoms with Gasteiger partial charge in [0, 0.05) is 22.4 Å². The molecule has 0 saturated carbocycles. The molecule has 0 amide bonds. The van der Waals surface area contributed by atoms with E-state index < -0.39 is 0 Å². The third-order valence-corrected chi connectivity index (χ3v) is 4.78. The molecule has 1 N–H and O–H groups in total. The third-order valence-electron chi connectivity index (χ3n) is 3.92. The number of hydrogen-bond acceptors (Lipinski definition) is 6. The topological polar surface area (TPSA) is 67.9 Å². The molecule has 0 aliphatic rings. The fourth-order valence-corrected chi connectivity index (χ4v) is 3.32. The van der Waals surface area contributed by atoms with Crippen molar-refractivity contribution in [1.29, 1.82) is 0 Å². The first kappa shape index (κ1) is 16.4. The van der Waals surface area contributed by atoms with Crippen LogP contribution in [0.15, 0.2) is 63.3 Å². The average Bonchev–Trinajstić information content (AvgIpc) is 3.07. The van der Waals surface area contributed by atoms with Crippen LogP contribution in [0.3, 0.4) is 0 Å². The molecule has 2 aromatic carbocycles. The van der Waals surface area contributed by atoms with Crippen LogP contribution in [0, 0.1) is 6.92 Å². The van der Waals surface area contributed by atoms with E-state index in [0.29, 0.717) is 21.8 Å². The number of hydrogen-bond donors (Lipinski definition) is 1. The predicted octanol–water partition coefficient (Wildman–Crippen LogP) is 4.81. The van der Waals surface area contributed by atoms with Gasteiger partial charge in [-0.15, -0.1) is 11.3 Å². The van der Waals surface area contributed by atoms with Gasteiger partial charge in [-0.3, -0.25) is 0 Å². The molecule has 0 fully saturated rings. The van der Waals surface area contributed by atoms with Crippen molar-refractivity contribution in [2.45, 2.75) is 6.92 Å². The van der Waals surface area contributed by atoms with E-state index in [-0.39, 0.29) is 5.75 Å². The van der Waals surface area contributed by atoms with Gasteiger partial charge in [0.25, 0.3) is 0 Å². The summed E-state index contributed by atoms with van der Waals surface area (Å²) >= 11 is 1.48. The van der Waals surface area contributed by atoms with Crippen molar-refractivity contribution in [2.75, 3.05) is 7.11 Å². The van der Waals surface area contributed by atoms with Crippen LogP contribution in [0.5, 0.6) is 11.5 Å². The molecule has 0 radical (unpaired) electrons. The summed E-state index contributed by atoms with van der Waals surface area (Å²) in [5.74, 6) is 1.62. The first-order valence-corrected chi connectivity index (χ1v) is 8.88. The zero-order valence-electron chi connectivity index (χ0n) is 14.3. The number of aromatic nitrogens is 1. The maximum atomic E-state index is 9.86. The number of methoxy groups -OCH3 is 1. The number of phenolic OH excluding ortho intramolecular Hbond substituents is 1. The van der Waals surface area contributed by atoms with Crippen LogP contribution in [0.4, 0.5) is 5.13 Å². The zero-order valence-corrected chi connectivity index (χ0v) is 15.1. The van der Waals surface area contributed by atoms with Gasteiger partial charge >= 0.3 is 0 Å². The second-order valence-electron chi connectivity index (χ2n) is 5.79. The number of nitrogens with zero attached hydrogens (tertiary/aromatic N) is 2. The molecule has 0 unspecified atom stereocenters. The van der Waals surface area contributed by atoms with Gasteiger partial charge in [-0.05, 0) is 49.4 Å². The molecule has 4 rings (SSSR count). The van der Waals surface area contributed by atoms with Crippen LogP contribution in [0.1, 0.15) is 5.69 Å². The molecule has 5 nitrogen and oxygen atoms in total. The third kappa shape index (κ3) is 3.19. The number of rotatable bonds is 3. The highest BCUT2D eigenvalue weighted by atomic mass is 32.1. The van der Waals surface area contributed by atoms with Crippen molar-refractivity contribution in [3.8, 4) is 22.8 Å². The Balaban J connectivity index is 1.95. The van der Waals surface area contributed by atoms with Gasteiger partial charge in [0.1, 0.15) is 22.8 Å². The number of aromatic hydroxyl groups is 1. The summed E-state index contributed by atoms with van der Waals surface area (Å²) in [7, 11) is 1.63. The van der Waals surface area contributed by atoms with E-state index in [0.717, 1.165) is 22.4 Å². The van der Waals surface area contributed by atoms with Crippen LogP contribution in [-0.2, 0) is 0 Å². The van der Waals surface area contributed by atoms with Crippen LogP contribution < -0.4 is 10.1 Å². The summed E-state index contributed by atoms with van der Waals surface area (Å²) < 4.78 is 11.2. The number of thiazole rings is 1. The minimum absolute atomic E-state index is 0.164. The number of phenols is 1. The van der Waals surface area contributed by atoms with Crippen molar-refractivity contribution in [3.05, 3.63) is 65.0 Å². The molecule has 0 saturated heterocycles. The highest BCUT2D eigenvalue weighted by molar-refractivity contribution is 7.13. The Kier molecular flexibility index (Phi) is 4.18. The molecule has 2 aromatic heterocycles. The molecule has 0 atom stereocenters. The molecule has 6 heteroatoms. The van der Waals surface area contributed by atoms with Crippen LogP contribution in [0.2, 0.25) is 0 Å². The number of ether oxygens (including phenoxy) is 1. The summed E-state index contributed by atoms with van der Waals surface area (Å²) in [4.78, 5) is 9.07. The highest BCUT2D eigenvalue weighted by Crippen LogP contribution is 2.26. The largest absolute Gasteiger partial charge is 0.508 e. The van der Waals surface area contributed by atoms with Gasteiger partial charge in [-0.25, -0.2) is 9.98 Å². The molecule has 26 heavy (non-hydrogen) atoms. The van der Waals surface area contributed by atoms with E-state index >= 15 is 0 Å². The molecule has 0 aliphatic heterocycles. The molecular formula is C20H16N2O3S. The fourth-order valence-electron chi connectivity index (χ4n) is 2.64. The molecule has 0 spiro atoms. The van der Waals surface area contributed by atoms with Gasteiger partial charge in [-0.1, -0.05) is 0 Å². The Morgan fingerprint density at radius 1 is 1.12 bits per heavy atom. The molecule has 4 aromatic rings. The summed E-state index contributed by atoms with van der Waals surface area (Å²) in [5.41, 5.74) is 2.48. The molecular weight excluding hydrogens is 348 g/mol. The van der Waals surface area contributed by atoms with Gasteiger partial charge in [0.15, 0.2) is 0 Å². The van der Waals surface area contributed by atoms with E-state index in [1.54, 1.807) is 25.3 Å². The lowest BCUT2D eigenvalue weighted by molar-refractivity contribution is 0.415. The second-order valence-corrected chi connectivity index (χ2v) is 6.62. The molecule has 130 valence electrons. The van der Waals surface area contributed by atoms with Crippen LogP contribution in [-0.4, -0.2) is 17.2 Å². The van der Waals surface area contributed by atoms with E-state index in [4.69, 9.17) is 9.15 Å². The Morgan fingerprint density at radius 3 is 2.62 bits per heavy atom. The van der Waals surface area contributed by atoms with Gasteiger partial charge in [0.2, 0.25) is 5.13 Å². The molecule has 2 heterocycles. The summed E-state index contributed by atoms with van der Waals surface area (Å²) in [6, 6.07) is 14.5. The van der Waals surface area contributed by atoms with E-state index in [1.165, 1.54) is 11.3 Å². The van der Waals surface area contributed by atoms with Crippen LogP contribution in [0.25, 0.3) is 22.3 Å². The Morgan fingerprint density at radius 2 is 1.92 bits per heavy atom. The number of benzene rings is 2. The molecule has 0 bridgehead atoms. The number of fused-ring (bicyclic) bond motifs is 1. The highest BCUT2D eigenvalue weighted by Gasteiger charge is 2.08. The first-order valence-electron chi connectivity index (χ1n) is 8.00. The van der Waals surface area contributed by atoms with Gasteiger partial charge in [0.05, 0.1) is 18.2 Å². The van der Waals surface area contributed by atoms with E-state index in [1.807, 2.05) is 42.6 Å². The van der Waals surface area contributed by atoms with Gasteiger partial charge < -0.3 is 14.3 Å². The lowest BCUT2D eigenvalue weighted by Gasteiger charge is -2.06. The van der Waals surface area contributed by atoms with Crippen molar-refractivity contribution in [2.24, 2.45) is 4.99 Å². The van der Waals surface area contributed by atoms with Gasteiger partial charge in [-0.2, -0.15) is 0 Å². The standard InChI is InChI=1S/C20H16N2O3S/c1-12-11-26-20(21-12)22-17-10-19(13-3-6-15(24-2)7-4-13)25-18-8-5-14(23)9-16(17)18/h3-11,23H,1-2H3. The quantitative estimate of drug-likeness (QED) is 0.566. The maximum Gasteiger partial charge on any atom is 0.209 e. The maximum absolute atomic E-state index is 9.86. The smallest absolute Gasteiger partial charge is 0.209 e. The fraction of sp³-hybridized carbons (Fsp3) is 0.100. The Labute approximate surface area is 153 Å². The summed E-state index contributed by atoms with van der Waals surface area (Å²) in [6.45, 7) is 1.93. The van der Waals surface area contributed by atoms with Crippen LogP contribution >= 0.6 is 11.3 Å². The van der Waals surface area contributed by atoms with Crippen molar-refractivity contribution in [3.63, 3.8) is 0 Å². The Hall–Kier alpha value is -3.12. The monoisotopic (exact) mass is 364 g/mol. The Bertz CT molecular complexity index is 1140. The lowest BCUT2D eigenvalue weighted by Crippen LogP contribution is -2.03. The zero-order chi connectivity index (χ0) is 18.1. The van der Waals surface area contributed by atoms with Crippen molar-refractivity contribution < 1.29 is 14.3 Å². The minimum Gasteiger partial charge on any atom is -0.508 e. The normalized spacial score (nSPS) is 11.8. The lowest BCUT2D eigenvalue weighted by atomic mass is 10.1. The number of aryl methyl sites for hydroxylation is 1. The average molecular weight is 364 g/mol. The second kappa shape index (κ2) is 6.65. The summed E-state index contributed by atoms with van der Waals surface area (Å²) in [6.07, 6.45) is 0. The minimum atomic E-state index is 0.164. The summed E-state index contributed by atoms with van der Waals surface area (Å²) in [5, 5.41) is 13.9. The van der Waals surface area contributed by atoms with Crippen molar-refractivity contribution in [1.82, 2.24) is 4.98 Å². The van der Waals surface area contributed by atoms with E-state index in [2.05, 4.69) is 9.98 Å². The van der Waals surface area contributed by atoms with E-state index in [9.17, 15) is 5.11 Å². The first-order chi connectivity index (χ1) is 12.6. The molecule has 0 aliphatic carbocycles.